The number of fused-ring (bicyclic) bond motifs is 1. The van der Waals surface area contributed by atoms with E-state index in [0.717, 1.165) is 5.39 Å². The minimum absolute atomic E-state index is 0.148. The van der Waals surface area contributed by atoms with Gasteiger partial charge >= 0.3 is 5.97 Å². The first kappa shape index (κ1) is 11.2. The fraction of sp³-hybridized carbons (Fsp3) is 0.0909. The van der Waals surface area contributed by atoms with Gasteiger partial charge in [-0.1, -0.05) is 29.3 Å². The zero-order valence-corrected chi connectivity index (χ0v) is 9.59. The third-order valence-electron chi connectivity index (χ3n) is 2.20. The second-order valence-electron chi connectivity index (χ2n) is 3.32. The molecule has 0 atom stereocenters. The molecule has 1 aromatic carbocycles. The largest absolute Gasteiger partial charge is 0.481 e. The van der Waals surface area contributed by atoms with E-state index < -0.39 is 5.97 Å². The van der Waals surface area contributed by atoms with Gasteiger partial charge in [0.15, 0.2) is 0 Å². The summed E-state index contributed by atoms with van der Waals surface area (Å²) in [5.74, 6) is -0.939. The van der Waals surface area contributed by atoms with E-state index in [1.165, 1.54) is 6.20 Å². The molecule has 2 rings (SSSR count). The van der Waals surface area contributed by atoms with Crippen LogP contribution in [0.5, 0.6) is 0 Å². The lowest BCUT2D eigenvalue weighted by atomic mass is 10.1. The lowest BCUT2D eigenvalue weighted by molar-refractivity contribution is -0.136. The van der Waals surface area contributed by atoms with E-state index in [-0.39, 0.29) is 6.42 Å². The maximum absolute atomic E-state index is 10.7. The molecule has 1 N–H and O–H groups in total. The van der Waals surface area contributed by atoms with E-state index in [4.69, 9.17) is 28.3 Å². The van der Waals surface area contributed by atoms with E-state index in [1.54, 1.807) is 18.2 Å². The molecule has 0 bridgehead atoms. The van der Waals surface area contributed by atoms with Crippen LogP contribution in [0.25, 0.3) is 10.9 Å². The summed E-state index contributed by atoms with van der Waals surface area (Å²) in [6.45, 7) is 0. The Balaban J connectivity index is 2.69. The third kappa shape index (κ3) is 2.10. The molecule has 1 aromatic heterocycles. The zero-order valence-electron chi connectivity index (χ0n) is 8.08. The summed E-state index contributed by atoms with van der Waals surface area (Å²) in [5.41, 5.74) is 1.10. The number of nitrogens with zero attached hydrogens (tertiary/aromatic N) is 1. The number of carbonyl (C=O) groups is 1. The molecular weight excluding hydrogens is 249 g/mol. The molecule has 0 aliphatic rings. The number of carboxylic acids is 1. The number of carboxylic acid groups (broad SMARTS) is 1. The molecule has 0 aliphatic heterocycles. The summed E-state index contributed by atoms with van der Waals surface area (Å²) in [6.07, 6.45) is 1.33. The molecule has 16 heavy (non-hydrogen) atoms. The van der Waals surface area contributed by atoms with Gasteiger partial charge < -0.3 is 5.11 Å². The van der Waals surface area contributed by atoms with Crippen molar-refractivity contribution in [1.82, 2.24) is 4.98 Å². The number of aliphatic carboxylic acids is 1. The fourth-order valence-electron chi connectivity index (χ4n) is 1.53. The van der Waals surface area contributed by atoms with Gasteiger partial charge in [0.1, 0.15) is 0 Å². The lowest BCUT2D eigenvalue weighted by Gasteiger charge is -2.06. The molecule has 2 aromatic rings. The molecule has 0 saturated carbocycles. The van der Waals surface area contributed by atoms with Gasteiger partial charge in [-0.2, -0.15) is 0 Å². The number of pyridine rings is 1. The molecular formula is C11H7Cl2NO2. The van der Waals surface area contributed by atoms with Crippen molar-refractivity contribution in [2.24, 2.45) is 0 Å². The first-order chi connectivity index (χ1) is 7.58. The molecule has 0 radical (unpaired) electrons. The van der Waals surface area contributed by atoms with Crippen LogP contribution in [0.2, 0.25) is 10.0 Å². The van der Waals surface area contributed by atoms with Crippen molar-refractivity contribution in [3.63, 3.8) is 0 Å². The average Bonchev–Trinajstić information content (AvgIpc) is 2.22. The maximum Gasteiger partial charge on any atom is 0.307 e. The maximum atomic E-state index is 10.7. The zero-order chi connectivity index (χ0) is 11.7. The van der Waals surface area contributed by atoms with E-state index in [2.05, 4.69) is 4.98 Å². The summed E-state index contributed by atoms with van der Waals surface area (Å²) in [7, 11) is 0. The van der Waals surface area contributed by atoms with Gasteiger partial charge in [0.2, 0.25) is 0 Å². The molecule has 0 spiro atoms. The SMILES string of the molecule is O=C(O)Cc1c(Cl)ccc2cc(Cl)cnc12. The highest BCUT2D eigenvalue weighted by atomic mass is 35.5. The van der Waals surface area contributed by atoms with E-state index >= 15 is 0 Å². The van der Waals surface area contributed by atoms with Crippen LogP contribution in [-0.4, -0.2) is 16.1 Å². The Morgan fingerprint density at radius 1 is 1.38 bits per heavy atom. The molecule has 0 saturated heterocycles. The van der Waals surface area contributed by atoms with E-state index in [1.807, 2.05) is 0 Å². The predicted molar refractivity (Wildman–Crippen MR) is 63.1 cm³/mol. The van der Waals surface area contributed by atoms with Crippen LogP contribution in [0, 0.1) is 0 Å². The van der Waals surface area contributed by atoms with Crippen LogP contribution in [-0.2, 0) is 11.2 Å². The van der Waals surface area contributed by atoms with Gasteiger partial charge in [-0.15, -0.1) is 0 Å². The third-order valence-corrected chi connectivity index (χ3v) is 2.76. The van der Waals surface area contributed by atoms with Crippen LogP contribution in [0.1, 0.15) is 5.56 Å². The average molecular weight is 256 g/mol. The number of aromatic nitrogens is 1. The summed E-state index contributed by atoms with van der Waals surface area (Å²) >= 11 is 11.8. The van der Waals surface area contributed by atoms with E-state index in [0.29, 0.717) is 21.1 Å². The number of hydrogen-bond acceptors (Lipinski definition) is 2. The summed E-state index contributed by atoms with van der Waals surface area (Å²) < 4.78 is 0. The van der Waals surface area contributed by atoms with Crippen LogP contribution >= 0.6 is 23.2 Å². The predicted octanol–water partition coefficient (Wildman–Crippen LogP) is 3.17. The molecule has 1 heterocycles. The highest BCUT2D eigenvalue weighted by molar-refractivity contribution is 6.33. The highest BCUT2D eigenvalue weighted by Crippen LogP contribution is 2.26. The second kappa shape index (κ2) is 4.28. The molecule has 0 amide bonds. The van der Waals surface area contributed by atoms with Crippen molar-refractivity contribution in [3.8, 4) is 0 Å². The Hall–Kier alpha value is -1.32. The lowest BCUT2D eigenvalue weighted by Crippen LogP contribution is -2.02. The minimum Gasteiger partial charge on any atom is -0.481 e. The second-order valence-corrected chi connectivity index (χ2v) is 4.17. The van der Waals surface area contributed by atoms with Gasteiger partial charge in [0, 0.05) is 22.2 Å². The van der Waals surface area contributed by atoms with Gasteiger partial charge in [-0.3, -0.25) is 9.78 Å². The van der Waals surface area contributed by atoms with Crippen LogP contribution in [0.4, 0.5) is 0 Å². The Morgan fingerprint density at radius 3 is 2.81 bits per heavy atom. The number of halogens is 2. The van der Waals surface area contributed by atoms with E-state index in [9.17, 15) is 4.79 Å². The van der Waals surface area contributed by atoms with Gasteiger partial charge in [-0.25, -0.2) is 0 Å². The van der Waals surface area contributed by atoms with Gasteiger partial charge in [0.05, 0.1) is 17.0 Å². The van der Waals surface area contributed by atoms with Crippen LogP contribution in [0.3, 0.4) is 0 Å². The first-order valence-electron chi connectivity index (χ1n) is 4.52. The minimum atomic E-state index is -0.939. The fourth-order valence-corrected chi connectivity index (χ4v) is 1.92. The molecule has 3 nitrogen and oxygen atoms in total. The normalized spacial score (nSPS) is 10.6. The topological polar surface area (TPSA) is 50.2 Å². The summed E-state index contributed by atoms with van der Waals surface area (Å²) in [4.78, 5) is 14.8. The Labute approximate surface area is 102 Å². The Kier molecular flexibility index (Phi) is 2.99. The van der Waals surface area contributed by atoms with Gasteiger partial charge in [-0.05, 0) is 12.1 Å². The highest BCUT2D eigenvalue weighted by Gasteiger charge is 2.11. The Morgan fingerprint density at radius 2 is 2.12 bits per heavy atom. The summed E-state index contributed by atoms with van der Waals surface area (Å²) in [5, 5.41) is 10.5. The molecule has 0 unspecified atom stereocenters. The van der Waals surface area contributed by atoms with Crippen LogP contribution < -0.4 is 0 Å². The van der Waals surface area contributed by atoms with Crippen molar-refractivity contribution in [1.29, 1.82) is 0 Å². The number of hydrogen-bond donors (Lipinski definition) is 1. The smallest absolute Gasteiger partial charge is 0.307 e. The number of benzene rings is 1. The van der Waals surface area contributed by atoms with Gasteiger partial charge in [0.25, 0.3) is 0 Å². The standard InChI is InChI=1S/C11H7Cl2NO2/c12-7-3-6-1-2-9(13)8(4-10(15)16)11(6)14-5-7/h1-3,5H,4H2,(H,15,16). The molecule has 0 fully saturated rings. The van der Waals surface area contributed by atoms with Crippen molar-refractivity contribution in [2.45, 2.75) is 6.42 Å². The molecule has 5 heteroatoms. The first-order valence-corrected chi connectivity index (χ1v) is 5.28. The summed E-state index contributed by atoms with van der Waals surface area (Å²) in [6, 6.07) is 5.15. The van der Waals surface area contributed by atoms with Crippen molar-refractivity contribution < 1.29 is 9.90 Å². The van der Waals surface area contributed by atoms with Crippen molar-refractivity contribution >= 4 is 40.1 Å². The van der Waals surface area contributed by atoms with Crippen LogP contribution in [0.15, 0.2) is 24.4 Å². The van der Waals surface area contributed by atoms with Crippen molar-refractivity contribution in [3.05, 3.63) is 40.0 Å². The monoisotopic (exact) mass is 255 g/mol. The number of rotatable bonds is 2. The Bertz CT molecular complexity index is 569. The quantitative estimate of drug-likeness (QED) is 0.897. The molecule has 82 valence electrons. The van der Waals surface area contributed by atoms with Crippen molar-refractivity contribution in [2.75, 3.05) is 0 Å². The molecule has 0 aliphatic carbocycles.